The van der Waals surface area contributed by atoms with Crippen molar-refractivity contribution in [2.75, 3.05) is 24.7 Å². The summed E-state index contributed by atoms with van der Waals surface area (Å²) in [6, 6.07) is 8.05. The highest BCUT2D eigenvalue weighted by molar-refractivity contribution is 7.84. The standard InChI is InChI=1S/C21H28N6O2S/c1-14(2)17-13-24-27-19(17)25-21(29-16-8-6-10-22-12-16)26-20(27)23-11-15-7-4-5-9-18(15)30(3)28/h4-5,7,9,13-14,16,22H,6,8,10-12H2,1-3H3,(H,23,25,26). The third-order valence-corrected chi connectivity index (χ3v) is 6.26. The van der Waals surface area contributed by atoms with Crippen molar-refractivity contribution in [3.8, 4) is 6.01 Å². The molecule has 2 aromatic heterocycles. The van der Waals surface area contributed by atoms with Crippen LogP contribution in [-0.4, -0.2) is 49.2 Å². The van der Waals surface area contributed by atoms with Gasteiger partial charge >= 0.3 is 6.01 Å². The first-order chi connectivity index (χ1) is 14.5. The van der Waals surface area contributed by atoms with Gasteiger partial charge in [-0.2, -0.15) is 19.6 Å². The van der Waals surface area contributed by atoms with E-state index in [9.17, 15) is 4.21 Å². The Kier molecular flexibility index (Phi) is 6.29. The lowest BCUT2D eigenvalue weighted by molar-refractivity contribution is 0.153. The zero-order chi connectivity index (χ0) is 21.1. The van der Waals surface area contributed by atoms with Crippen LogP contribution in [0.15, 0.2) is 35.4 Å². The van der Waals surface area contributed by atoms with Gasteiger partial charge in [0.2, 0.25) is 5.95 Å². The first-order valence-electron chi connectivity index (χ1n) is 10.3. The summed E-state index contributed by atoms with van der Waals surface area (Å²) in [5.74, 6) is 0.833. The molecule has 9 heteroatoms. The highest BCUT2D eigenvalue weighted by Crippen LogP contribution is 2.24. The van der Waals surface area contributed by atoms with Crippen LogP contribution in [0.25, 0.3) is 5.65 Å². The molecule has 0 spiro atoms. The number of hydrogen-bond donors (Lipinski definition) is 2. The summed E-state index contributed by atoms with van der Waals surface area (Å²) in [6.07, 6.45) is 5.64. The molecule has 1 aliphatic rings. The highest BCUT2D eigenvalue weighted by Gasteiger charge is 2.20. The van der Waals surface area contributed by atoms with E-state index in [1.165, 1.54) is 0 Å². The molecule has 0 bridgehead atoms. The number of nitrogens with one attached hydrogen (secondary N) is 2. The maximum Gasteiger partial charge on any atom is 0.322 e. The second-order valence-corrected chi connectivity index (χ2v) is 9.17. The highest BCUT2D eigenvalue weighted by atomic mass is 32.2. The van der Waals surface area contributed by atoms with Crippen LogP contribution in [0.3, 0.4) is 0 Å². The van der Waals surface area contributed by atoms with Gasteiger partial charge in [-0.05, 0) is 36.9 Å². The average Bonchev–Trinajstić information content (AvgIpc) is 3.17. The average molecular weight is 429 g/mol. The number of hydrogen-bond acceptors (Lipinski definition) is 7. The molecule has 1 saturated heterocycles. The summed E-state index contributed by atoms with van der Waals surface area (Å²) >= 11 is 0. The maximum atomic E-state index is 12.1. The number of piperidine rings is 1. The van der Waals surface area contributed by atoms with Gasteiger partial charge in [-0.3, -0.25) is 4.21 Å². The zero-order valence-electron chi connectivity index (χ0n) is 17.6. The zero-order valence-corrected chi connectivity index (χ0v) is 18.4. The minimum absolute atomic E-state index is 0.0581. The molecule has 1 aliphatic heterocycles. The van der Waals surface area contributed by atoms with Gasteiger partial charge < -0.3 is 15.4 Å². The van der Waals surface area contributed by atoms with Crippen molar-refractivity contribution >= 4 is 22.4 Å². The van der Waals surface area contributed by atoms with Gasteiger partial charge in [-0.15, -0.1) is 0 Å². The van der Waals surface area contributed by atoms with Crippen molar-refractivity contribution in [3.05, 3.63) is 41.6 Å². The largest absolute Gasteiger partial charge is 0.459 e. The van der Waals surface area contributed by atoms with Crippen LogP contribution in [0.2, 0.25) is 0 Å². The molecule has 160 valence electrons. The van der Waals surface area contributed by atoms with E-state index in [2.05, 4.69) is 39.5 Å². The van der Waals surface area contributed by atoms with Crippen molar-refractivity contribution in [2.24, 2.45) is 0 Å². The Hall–Kier alpha value is -2.52. The van der Waals surface area contributed by atoms with Gasteiger partial charge in [0, 0.05) is 29.8 Å². The third-order valence-electron chi connectivity index (χ3n) is 5.24. The molecular weight excluding hydrogens is 400 g/mol. The summed E-state index contributed by atoms with van der Waals surface area (Å²) in [6.45, 7) is 6.52. The van der Waals surface area contributed by atoms with Crippen LogP contribution in [0, 0.1) is 0 Å². The van der Waals surface area contributed by atoms with Crippen LogP contribution in [0.1, 0.15) is 43.7 Å². The van der Waals surface area contributed by atoms with Gasteiger partial charge in [0.05, 0.1) is 17.0 Å². The first-order valence-corrected chi connectivity index (χ1v) is 11.9. The fourth-order valence-electron chi connectivity index (χ4n) is 3.62. The molecule has 0 aliphatic carbocycles. The van der Waals surface area contributed by atoms with Crippen molar-refractivity contribution in [2.45, 2.75) is 50.2 Å². The number of anilines is 1. The molecule has 8 nitrogen and oxygen atoms in total. The van der Waals surface area contributed by atoms with Crippen LogP contribution < -0.4 is 15.4 Å². The molecule has 2 atom stereocenters. The summed E-state index contributed by atoms with van der Waals surface area (Å²) in [4.78, 5) is 10.1. The number of benzene rings is 1. The number of aromatic nitrogens is 4. The predicted molar refractivity (Wildman–Crippen MR) is 117 cm³/mol. The minimum atomic E-state index is -1.06. The molecule has 2 N–H and O–H groups in total. The predicted octanol–water partition coefficient (Wildman–Crippen LogP) is 2.73. The molecule has 2 unspecified atom stereocenters. The summed E-state index contributed by atoms with van der Waals surface area (Å²) < 4.78 is 19.9. The summed E-state index contributed by atoms with van der Waals surface area (Å²) in [7, 11) is -1.06. The summed E-state index contributed by atoms with van der Waals surface area (Å²) in [5, 5.41) is 11.2. The SMILES string of the molecule is CC(C)c1cnn2c(NCc3ccccc3S(C)=O)nc(OC3CCCNC3)nc12. The number of ether oxygens (including phenoxy) is 1. The van der Waals surface area contributed by atoms with Crippen LogP contribution in [0.5, 0.6) is 6.01 Å². The van der Waals surface area contributed by atoms with Crippen LogP contribution in [-0.2, 0) is 17.3 Å². The Balaban J connectivity index is 1.66. The van der Waals surface area contributed by atoms with E-state index in [0.29, 0.717) is 18.5 Å². The lowest BCUT2D eigenvalue weighted by Crippen LogP contribution is -2.37. The fraction of sp³-hybridized carbons (Fsp3) is 0.476. The summed E-state index contributed by atoms with van der Waals surface area (Å²) in [5.41, 5.74) is 2.75. The Bertz CT molecular complexity index is 1050. The van der Waals surface area contributed by atoms with E-state index in [-0.39, 0.29) is 12.0 Å². The van der Waals surface area contributed by atoms with Crippen molar-refractivity contribution in [1.82, 2.24) is 24.9 Å². The van der Waals surface area contributed by atoms with Crippen molar-refractivity contribution in [3.63, 3.8) is 0 Å². The smallest absolute Gasteiger partial charge is 0.322 e. The lowest BCUT2D eigenvalue weighted by atomic mass is 10.1. The monoisotopic (exact) mass is 428 g/mol. The van der Waals surface area contributed by atoms with Gasteiger partial charge in [-0.25, -0.2) is 0 Å². The quantitative estimate of drug-likeness (QED) is 0.598. The third kappa shape index (κ3) is 4.46. The van der Waals surface area contributed by atoms with Crippen molar-refractivity contribution in [1.29, 1.82) is 0 Å². The Labute approximate surface area is 178 Å². The van der Waals surface area contributed by atoms with Crippen molar-refractivity contribution < 1.29 is 8.95 Å². The van der Waals surface area contributed by atoms with E-state index in [1.54, 1.807) is 10.8 Å². The molecule has 1 fully saturated rings. The lowest BCUT2D eigenvalue weighted by Gasteiger charge is -2.23. The molecule has 1 aromatic carbocycles. The van der Waals surface area contributed by atoms with E-state index in [1.807, 2.05) is 30.5 Å². The van der Waals surface area contributed by atoms with E-state index >= 15 is 0 Å². The molecule has 4 rings (SSSR count). The van der Waals surface area contributed by atoms with Crippen LogP contribution >= 0.6 is 0 Å². The van der Waals surface area contributed by atoms with Gasteiger partial charge in [0.1, 0.15) is 6.10 Å². The Morgan fingerprint density at radius 1 is 1.33 bits per heavy atom. The van der Waals surface area contributed by atoms with Gasteiger partial charge in [0.25, 0.3) is 0 Å². The number of fused-ring (bicyclic) bond motifs is 1. The van der Waals surface area contributed by atoms with Crippen LogP contribution in [0.4, 0.5) is 5.95 Å². The topological polar surface area (TPSA) is 93.4 Å². The van der Waals surface area contributed by atoms with E-state index < -0.39 is 10.8 Å². The molecule has 3 aromatic rings. The molecule has 0 amide bonds. The second-order valence-electron chi connectivity index (χ2n) is 7.82. The Morgan fingerprint density at radius 2 is 2.17 bits per heavy atom. The molecule has 0 radical (unpaired) electrons. The van der Waals surface area contributed by atoms with Gasteiger partial charge in [0.15, 0.2) is 5.65 Å². The molecule has 0 saturated carbocycles. The molecule has 3 heterocycles. The Morgan fingerprint density at radius 3 is 2.90 bits per heavy atom. The first kappa shape index (κ1) is 20.7. The fourth-order valence-corrected chi connectivity index (χ4v) is 4.40. The van der Waals surface area contributed by atoms with E-state index in [0.717, 1.165) is 47.6 Å². The molecule has 30 heavy (non-hydrogen) atoms. The van der Waals surface area contributed by atoms with Gasteiger partial charge in [-0.1, -0.05) is 32.0 Å². The normalized spacial score (nSPS) is 17.9. The van der Waals surface area contributed by atoms with E-state index in [4.69, 9.17) is 4.74 Å². The number of nitrogens with zero attached hydrogens (tertiary/aromatic N) is 4. The maximum absolute atomic E-state index is 12.1. The second kappa shape index (κ2) is 9.09. The molecular formula is C21H28N6O2S. The number of rotatable bonds is 7. The minimum Gasteiger partial charge on any atom is -0.459 e.